The van der Waals surface area contributed by atoms with E-state index in [2.05, 4.69) is 29.5 Å². The van der Waals surface area contributed by atoms with E-state index in [9.17, 15) is 0 Å². The topological polar surface area (TPSA) is 12.0 Å². The van der Waals surface area contributed by atoms with Crippen molar-refractivity contribution in [3.05, 3.63) is 34.9 Å². The average Bonchev–Trinajstić information content (AvgIpc) is 2.04. The van der Waals surface area contributed by atoms with Crippen LogP contribution >= 0.6 is 24.6 Å². The Morgan fingerprint density at radius 3 is 3.00 bits per heavy atom. The summed E-state index contributed by atoms with van der Waals surface area (Å²) in [5.41, 5.74) is 1.24. The zero-order valence-electron chi connectivity index (χ0n) is 5.74. The van der Waals surface area contributed by atoms with Gasteiger partial charge in [-0.15, -0.1) is 12.6 Å². The first kappa shape index (κ1) is 7.13. The van der Waals surface area contributed by atoms with Crippen molar-refractivity contribution in [3.8, 4) is 0 Å². The molecule has 0 spiro atoms. The molecule has 56 valence electrons. The highest BCUT2D eigenvalue weighted by Gasteiger charge is 2.05. The maximum absolute atomic E-state index is 4.22. The van der Waals surface area contributed by atoms with Crippen LogP contribution in [0.5, 0.6) is 0 Å². The van der Waals surface area contributed by atoms with Crippen LogP contribution < -0.4 is 4.72 Å². The molecule has 1 aromatic carbocycles. The number of fused-ring (bicyclic) bond motifs is 1. The third-order valence-corrected chi connectivity index (χ3v) is 2.78. The van der Waals surface area contributed by atoms with Gasteiger partial charge in [0.1, 0.15) is 0 Å². The molecule has 0 fully saturated rings. The lowest BCUT2D eigenvalue weighted by atomic mass is 10.2. The Morgan fingerprint density at radius 1 is 1.27 bits per heavy atom. The highest BCUT2D eigenvalue weighted by atomic mass is 32.2. The third kappa shape index (κ3) is 1.39. The van der Waals surface area contributed by atoms with E-state index < -0.39 is 0 Å². The summed E-state index contributed by atoms with van der Waals surface area (Å²) in [7, 11) is 0. The fourth-order valence-electron chi connectivity index (χ4n) is 0.977. The summed E-state index contributed by atoms with van der Waals surface area (Å²) >= 11 is 5.82. The van der Waals surface area contributed by atoms with Crippen molar-refractivity contribution in [2.75, 3.05) is 0 Å². The predicted molar refractivity (Wildman–Crippen MR) is 52.4 cm³/mol. The minimum atomic E-state index is 0.911. The van der Waals surface area contributed by atoms with Gasteiger partial charge in [0, 0.05) is 4.90 Å². The smallest absolute Gasteiger partial charge is 0.0758 e. The Bertz CT molecular complexity index is 307. The van der Waals surface area contributed by atoms with Crippen molar-refractivity contribution in [2.45, 2.75) is 4.90 Å². The first-order chi connectivity index (χ1) is 5.36. The molecule has 0 saturated carbocycles. The van der Waals surface area contributed by atoms with Crippen LogP contribution in [0, 0.1) is 0 Å². The lowest BCUT2D eigenvalue weighted by molar-refractivity contribution is 1.30. The van der Waals surface area contributed by atoms with Crippen molar-refractivity contribution in [2.24, 2.45) is 0 Å². The molecule has 11 heavy (non-hydrogen) atoms. The number of hydrogen-bond acceptors (Lipinski definition) is 3. The lowest BCUT2D eigenvalue weighted by Crippen LogP contribution is -2.02. The minimum Gasteiger partial charge on any atom is -0.320 e. The van der Waals surface area contributed by atoms with Crippen LogP contribution in [0.3, 0.4) is 0 Å². The summed E-state index contributed by atoms with van der Waals surface area (Å²) in [6.07, 6.45) is 2.02. The molecule has 0 bridgehead atoms. The van der Waals surface area contributed by atoms with Gasteiger partial charge in [0.2, 0.25) is 0 Å². The van der Waals surface area contributed by atoms with Gasteiger partial charge in [0.15, 0.2) is 0 Å². The summed E-state index contributed by atoms with van der Waals surface area (Å²) in [4.78, 5) is 1.25. The molecule has 1 nitrogen and oxygen atoms in total. The van der Waals surface area contributed by atoms with Crippen LogP contribution in [0.2, 0.25) is 0 Å². The van der Waals surface area contributed by atoms with Crippen LogP contribution in [-0.2, 0) is 0 Å². The molecule has 0 radical (unpaired) electrons. The van der Waals surface area contributed by atoms with Gasteiger partial charge in [0.05, 0.1) is 5.03 Å². The van der Waals surface area contributed by atoms with Gasteiger partial charge in [-0.05, 0) is 29.7 Å². The molecule has 2 rings (SSSR count). The zero-order chi connectivity index (χ0) is 7.68. The predicted octanol–water partition coefficient (Wildman–Crippen LogP) is 2.53. The van der Waals surface area contributed by atoms with Crippen molar-refractivity contribution in [1.82, 2.24) is 4.72 Å². The first-order valence-corrected chi connectivity index (χ1v) is 4.55. The van der Waals surface area contributed by atoms with E-state index in [1.54, 1.807) is 11.9 Å². The molecule has 1 aliphatic rings. The molecule has 0 amide bonds. The molecule has 1 aliphatic heterocycles. The van der Waals surface area contributed by atoms with Crippen LogP contribution in [-0.4, -0.2) is 0 Å². The van der Waals surface area contributed by atoms with Crippen LogP contribution in [0.1, 0.15) is 5.56 Å². The highest BCUT2D eigenvalue weighted by Crippen LogP contribution is 2.28. The Kier molecular flexibility index (Phi) is 1.84. The van der Waals surface area contributed by atoms with Crippen molar-refractivity contribution >= 4 is 30.7 Å². The van der Waals surface area contributed by atoms with Gasteiger partial charge < -0.3 is 4.72 Å². The molecule has 1 heterocycles. The molecule has 0 aromatic heterocycles. The van der Waals surface area contributed by atoms with E-state index in [0.717, 1.165) is 5.03 Å². The SMILES string of the molecule is SC1=Cc2ccccc2SN1. The molecule has 0 aliphatic carbocycles. The van der Waals surface area contributed by atoms with E-state index in [4.69, 9.17) is 0 Å². The van der Waals surface area contributed by atoms with Gasteiger partial charge in [-0.1, -0.05) is 18.2 Å². The largest absolute Gasteiger partial charge is 0.320 e. The van der Waals surface area contributed by atoms with Gasteiger partial charge in [-0.2, -0.15) is 0 Å². The highest BCUT2D eigenvalue weighted by molar-refractivity contribution is 7.98. The fraction of sp³-hybridized carbons (Fsp3) is 0. The van der Waals surface area contributed by atoms with E-state index >= 15 is 0 Å². The summed E-state index contributed by atoms with van der Waals surface area (Å²) in [6, 6.07) is 8.23. The molecule has 1 aromatic rings. The molecule has 1 N–H and O–H groups in total. The zero-order valence-corrected chi connectivity index (χ0v) is 7.45. The van der Waals surface area contributed by atoms with Crippen molar-refractivity contribution in [1.29, 1.82) is 0 Å². The molecule has 0 atom stereocenters. The first-order valence-electron chi connectivity index (χ1n) is 3.29. The number of nitrogens with one attached hydrogen (secondary N) is 1. The van der Waals surface area contributed by atoms with Crippen LogP contribution in [0.4, 0.5) is 0 Å². The quantitative estimate of drug-likeness (QED) is 0.471. The van der Waals surface area contributed by atoms with E-state index in [1.807, 2.05) is 18.2 Å². The number of thiol groups is 1. The maximum atomic E-state index is 4.22. The molecule has 0 unspecified atom stereocenters. The Labute approximate surface area is 75.4 Å². The van der Waals surface area contributed by atoms with Gasteiger partial charge >= 0.3 is 0 Å². The van der Waals surface area contributed by atoms with Crippen LogP contribution in [0.15, 0.2) is 34.2 Å². The number of benzene rings is 1. The van der Waals surface area contributed by atoms with E-state index in [1.165, 1.54) is 10.5 Å². The Balaban J connectivity index is 2.51. The Hall–Kier alpha value is -0.540. The normalized spacial score (nSPS) is 14.8. The molecular formula is C8H7NS2. The number of hydrogen-bond donors (Lipinski definition) is 2. The van der Waals surface area contributed by atoms with E-state index in [-0.39, 0.29) is 0 Å². The maximum Gasteiger partial charge on any atom is 0.0758 e. The molecule has 3 heteroatoms. The fourth-order valence-corrected chi connectivity index (χ4v) is 1.92. The summed E-state index contributed by atoms with van der Waals surface area (Å²) < 4.78 is 3.08. The summed E-state index contributed by atoms with van der Waals surface area (Å²) in [5.74, 6) is 0. The standard InChI is InChI=1S/C8H7NS2/c10-8-5-6-3-1-2-4-7(6)11-9-8/h1-5,9-10H. The summed E-state index contributed by atoms with van der Waals surface area (Å²) in [5, 5.41) is 0.911. The second-order valence-electron chi connectivity index (χ2n) is 2.27. The van der Waals surface area contributed by atoms with Crippen molar-refractivity contribution < 1.29 is 0 Å². The monoisotopic (exact) mass is 181 g/mol. The second-order valence-corrected chi connectivity index (χ2v) is 3.60. The van der Waals surface area contributed by atoms with Crippen molar-refractivity contribution in [3.63, 3.8) is 0 Å². The second kappa shape index (κ2) is 2.83. The summed E-state index contributed by atoms with van der Waals surface area (Å²) in [6.45, 7) is 0. The van der Waals surface area contributed by atoms with Crippen LogP contribution in [0.25, 0.3) is 6.08 Å². The van der Waals surface area contributed by atoms with E-state index in [0.29, 0.717) is 0 Å². The Morgan fingerprint density at radius 2 is 2.09 bits per heavy atom. The average molecular weight is 181 g/mol. The van der Waals surface area contributed by atoms with Gasteiger partial charge in [0.25, 0.3) is 0 Å². The van der Waals surface area contributed by atoms with Gasteiger partial charge in [-0.3, -0.25) is 0 Å². The minimum absolute atomic E-state index is 0.911. The number of rotatable bonds is 0. The third-order valence-electron chi connectivity index (χ3n) is 1.48. The van der Waals surface area contributed by atoms with Gasteiger partial charge in [-0.25, -0.2) is 0 Å². The lowest BCUT2D eigenvalue weighted by Gasteiger charge is -2.13. The molecule has 0 saturated heterocycles. The molecular weight excluding hydrogens is 174 g/mol.